The van der Waals surface area contributed by atoms with Crippen molar-refractivity contribution in [3.05, 3.63) is 0 Å². The van der Waals surface area contributed by atoms with Crippen molar-refractivity contribution in [1.29, 1.82) is 0 Å². The summed E-state index contributed by atoms with van der Waals surface area (Å²) in [5, 5.41) is 24.4. The number of carbonyl (C=O) groups is 1. The van der Waals surface area contributed by atoms with Crippen LogP contribution in [-0.2, 0) is 4.79 Å². The summed E-state index contributed by atoms with van der Waals surface area (Å²) in [6.45, 7) is 1.22. The molecule has 48 valence electrons. The lowest BCUT2D eigenvalue weighted by atomic mass is 10.2. The largest absolute Gasteiger partial charge is 0.481 e. The van der Waals surface area contributed by atoms with E-state index in [9.17, 15) is 4.79 Å². The molecule has 0 fully saturated rings. The van der Waals surface area contributed by atoms with Gasteiger partial charge in [0.25, 0.3) is 0 Å². The molecule has 1 atom stereocenters. The smallest absolute Gasteiger partial charge is 0.311 e. The van der Waals surface area contributed by atoms with E-state index in [1.807, 2.05) is 0 Å². The first kappa shape index (κ1) is 7.39. The Bertz CT molecular complexity index is 88.0. The number of carboxylic acid groups (broad SMARTS) is 1. The van der Waals surface area contributed by atoms with Crippen molar-refractivity contribution in [3.8, 4) is 0 Å². The van der Waals surface area contributed by atoms with Gasteiger partial charge in [-0.05, 0) is 6.92 Å². The minimum Gasteiger partial charge on any atom is -0.481 e. The molecule has 0 bridgehead atoms. The third kappa shape index (κ3) is 1.90. The molecule has 0 spiro atoms. The van der Waals surface area contributed by atoms with Crippen LogP contribution in [-0.4, -0.2) is 27.6 Å². The van der Waals surface area contributed by atoms with Crippen molar-refractivity contribution in [1.82, 2.24) is 0 Å². The number of hydrogen-bond acceptors (Lipinski definition) is 3. The van der Waals surface area contributed by atoms with E-state index >= 15 is 0 Å². The topological polar surface area (TPSA) is 77.8 Å². The average molecular weight is 120 g/mol. The highest BCUT2D eigenvalue weighted by atomic mass is 16.5. The summed E-state index contributed by atoms with van der Waals surface area (Å²) in [5.41, 5.74) is 0. The first-order valence-corrected chi connectivity index (χ1v) is 2.14. The van der Waals surface area contributed by atoms with E-state index in [-0.39, 0.29) is 0 Å². The van der Waals surface area contributed by atoms with Gasteiger partial charge in [0.15, 0.2) is 6.29 Å². The number of aliphatic hydroxyl groups is 2. The van der Waals surface area contributed by atoms with Gasteiger partial charge in [-0.2, -0.15) is 0 Å². The second-order valence-electron chi connectivity index (χ2n) is 1.54. The lowest BCUT2D eigenvalue weighted by Gasteiger charge is -2.05. The first-order valence-electron chi connectivity index (χ1n) is 2.14. The summed E-state index contributed by atoms with van der Waals surface area (Å²) in [4.78, 5) is 9.82. The molecule has 0 amide bonds. The normalized spacial score (nSPS) is 14.0. The fourth-order valence-electron chi connectivity index (χ4n) is 0.128. The third-order valence-corrected chi connectivity index (χ3v) is 0.837. The highest BCUT2D eigenvalue weighted by molar-refractivity contribution is 5.69. The third-order valence-electron chi connectivity index (χ3n) is 0.837. The Morgan fingerprint density at radius 2 is 1.88 bits per heavy atom. The van der Waals surface area contributed by atoms with Gasteiger partial charge < -0.3 is 15.3 Å². The zero-order valence-corrected chi connectivity index (χ0v) is 4.40. The molecule has 0 unspecified atom stereocenters. The predicted octanol–water partition coefficient (Wildman–Crippen LogP) is -0.982. The maximum atomic E-state index is 9.82. The molecule has 0 saturated heterocycles. The van der Waals surface area contributed by atoms with Crippen LogP contribution in [0.15, 0.2) is 0 Å². The molecule has 0 aliphatic heterocycles. The van der Waals surface area contributed by atoms with Gasteiger partial charge in [0.1, 0.15) is 5.92 Å². The van der Waals surface area contributed by atoms with Crippen molar-refractivity contribution in [2.45, 2.75) is 13.2 Å². The minimum absolute atomic E-state index is 1.10. The Balaban J connectivity index is 3.64. The molecule has 0 aliphatic carbocycles. The van der Waals surface area contributed by atoms with Crippen LogP contribution in [0.25, 0.3) is 0 Å². The van der Waals surface area contributed by atoms with Gasteiger partial charge in [-0.15, -0.1) is 0 Å². The second kappa shape index (κ2) is 2.64. The summed E-state index contributed by atoms with van der Waals surface area (Å²) in [7, 11) is 0. The zero-order valence-electron chi connectivity index (χ0n) is 4.40. The van der Waals surface area contributed by atoms with Crippen LogP contribution < -0.4 is 0 Å². The highest BCUT2D eigenvalue weighted by Gasteiger charge is 2.17. The van der Waals surface area contributed by atoms with E-state index in [4.69, 9.17) is 15.3 Å². The van der Waals surface area contributed by atoms with Crippen LogP contribution >= 0.6 is 0 Å². The van der Waals surface area contributed by atoms with Crippen molar-refractivity contribution >= 4 is 5.97 Å². The van der Waals surface area contributed by atoms with Crippen LogP contribution in [0.1, 0.15) is 6.92 Å². The maximum Gasteiger partial charge on any atom is 0.311 e. The van der Waals surface area contributed by atoms with E-state index in [0.717, 1.165) is 0 Å². The summed E-state index contributed by atoms with van der Waals surface area (Å²) >= 11 is 0. The molecule has 3 N–H and O–H groups in total. The molecule has 0 radical (unpaired) electrons. The van der Waals surface area contributed by atoms with Crippen molar-refractivity contribution in [2.75, 3.05) is 0 Å². The van der Waals surface area contributed by atoms with Crippen LogP contribution in [0.3, 0.4) is 0 Å². The van der Waals surface area contributed by atoms with Crippen molar-refractivity contribution in [2.24, 2.45) is 5.92 Å². The van der Waals surface area contributed by atoms with Crippen LogP contribution in [0.4, 0.5) is 0 Å². The van der Waals surface area contributed by atoms with Crippen LogP contribution in [0, 0.1) is 5.92 Å². The number of rotatable bonds is 2. The minimum atomic E-state index is -1.76. The Kier molecular flexibility index (Phi) is 2.44. The first-order chi connectivity index (χ1) is 3.55. The monoisotopic (exact) mass is 120 g/mol. The molecule has 4 nitrogen and oxygen atoms in total. The highest BCUT2D eigenvalue weighted by Crippen LogP contribution is 1.97. The molecular weight excluding hydrogens is 112 g/mol. The zero-order chi connectivity index (χ0) is 6.73. The maximum absolute atomic E-state index is 9.82. The molecular formula is C4H8O4. The molecule has 0 rings (SSSR count). The lowest BCUT2D eigenvalue weighted by Crippen LogP contribution is -2.24. The SMILES string of the molecule is C[C@@H](C(=O)O)C(O)O. The lowest BCUT2D eigenvalue weighted by molar-refractivity contribution is -0.156. The Morgan fingerprint density at radius 3 is 1.88 bits per heavy atom. The molecule has 8 heavy (non-hydrogen) atoms. The van der Waals surface area contributed by atoms with E-state index in [0.29, 0.717) is 0 Å². The van der Waals surface area contributed by atoms with Gasteiger partial charge in [0.05, 0.1) is 0 Å². The summed E-state index contributed by atoms with van der Waals surface area (Å²) in [6, 6.07) is 0. The van der Waals surface area contributed by atoms with Crippen molar-refractivity contribution in [3.63, 3.8) is 0 Å². The van der Waals surface area contributed by atoms with Gasteiger partial charge in [-0.25, -0.2) is 0 Å². The second-order valence-corrected chi connectivity index (χ2v) is 1.54. The quantitative estimate of drug-likeness (QED) is 0.409. The number of aliphatic carboxylic acids is 1. The fraction of sp³-hybridized carbons (Fsp3) is 0.750. The molecule has 0 heterocycles. The Labute approximate surface area is 46.4 Å². The standard InChI is InChI=1S/C4H8O4/c1-2(3(5)6)4(7)8/h2-3,5-6H,1H3,(H,7,8)/t2-/m1/s1. The van der Waals surface area contributed by atoms with E-state index in [1.165, 1.54) is 6.92 Å². The number of hydrogen-bond donors (Lipinski definition) is 3. The van der Waals surface area contributed by atoms with Crippen molar-refractivity contribution < 1.29 is 20.1 Å². The molecule has 0 aromatic heterocycles. The molecule has 0 saturated carbocycles. The van der Waals surface area contributed by atoms with E-state index < -0.39 is 18.2 Å². The van der Waals surface area contributed by atoms with Crippen LogP contribution in [0.2, 0.25) is 0 Å². The summed E-state index contributed by atoms with van der Waals surface area (Å²) in [5.74, 6) is -2.31. The van der Waals surface area contributed by atoms with Gasteiger partial charge in [0, 0.05) is 0 Å². The molecule has 4 heteroatoms. The van der Waals surface area contributed by atoms with Gasteiger partial charge >= 0.3 is 5.97 Å². The molecule has 0 aliphatic rings. The average Bonchev–Trinajstić information content (AvgIpc) is 1.64. The number of carboxylic acids is 1. The summed E-state index contributed by atoms with van der Waals surface area (Å²) < 4.78 is 0. The Hall–Kier alpha value is -0.610. The van der Waals surface area contributed by atoms with Gasteiger partial charge in [-0.1, -0.05) is 0 Å². The molecule has 0 aromatic rings. The van der Waals surface area contributed by atoms with Gasteiger partial charge in [-0.3, -0.25) is 4.79 Å². The van der Waals surface area contributed by atoms with E-state index in [1.54, 1.807) is 0 Å². The fourth-order valence-corrected chi connectivity index (χ4v) is 0.128. The predicted molar refractivity (Wildman–Crippen MR) is 25.0 cm³/mol. The summed E-state index contributed by atoms with van der Waals surface area (Å²) in [6.07, 6.45) is -1.76. The molecule has 0 aromatic carbocycles. The van der Waals surface area contributed by atoms with Gasteiger partial charge in [0.2, 0.25) is 0 Å². The number of aliphatic hydroxyl groups excluding tert-OH is 1. The van der Waals surface area contributed by atoms with E-state index in [2.05, 4.69) is 0 Å². The van der Waals surface area contributed by atoms with Crippen LogP contribution in [0.5, 0.6) is 0 Å². The Morgan fingerprint density at radius 1 is 1.50 bits per heavy atom.